The number of esters is 1. The van der Waals surface area contributed by atoms with Crippen LogP contribution >= 0.6 is 0 Å². The molecular weight excluding hydrogens is 337 g/mol. The van der Waals surface area contributed by atoms with Gasteiger partial charge in [-0.1, -0.05) is 12.1 Å². The minimum absolute atomic E-state index is 0.0969. The molecule has 0 aliphatic heterocycles. The van der Waals surface area contributed by atoms with Crippen LogP contribution in [-0.4, -0.2) is 32.1 Å². The van der Waals surface area contributed by atoms with Crippen LogP contribution in [0.15, 0.2) is 48.5 Å². The van der Waals surface area contributed by atoms with E-state index in [1.54, 1.807) is 31.3 Å². The van der Waals surface area contributed by atoms with Crippen molar-refractivity contribution in [3.8, 4) is 6.07 Å². The van der Waals surface area contributed by atoms with Gasteiger partial charge in [0.2, 0.25) is 0 Å². The number of nitrogens with zero attached hydrogens (tertiary/aromatic N) is 2. The zero-order valence-electron chi connectivity index (χ0n) is 14.2. The second-order valence-corrected chi connectivity index (χ2v) is 5.30. The topological polar surface area (TPSA) is 82.4 Å². The molecule has 0 atom stereocenters. The number of nitrogens with one attached hydrogen (secondary N) is 1. The molecule has 134 valence electrons. The molecule has 0 radical (unpaired) electrons. The van der Waals surface area contributed by atoms with Crippen LogP contribution in [0.2, 0.25) is 0 Å². The fraction of sp³-hybridized carbons (Fsp3) is 0.211. The Balaban J connectivity index is 2.08. The molecule has 26 heavy (non-hydrogen) atoms. The summed E-state index contributed by atoms with van der Waals surface area (Å²) in [5.41, 5.74) is 1.33. The average Bonchev–Trinajstić information content (AvgIpc) is 2.67. The van der Waals surface area contributed by atoms with Crippen LogP contribution in [0, 0.1) is 17.1 Å². The number of carbonyl (C=O) groups is 2. The van der Waals surface area contributed by atoms with Crippen LogP contribution in [0.5, 0.6) is 0 Å². The quantitative estimate of drug-likeness (QED) is 0.772. The van der Waals surface area contributed by atoms with Crippen LogP contribution in [0.4, 0.5) is 15.8 Å². The highest BCUT2D eigenvalue weighted by molar-refractivity contribution is 5.99. The predicted octanol–water partition coefficient (Wildman–Crippen LogP) is 2.97. The second kappa shape index (κ2) is 9.18. The molecule has 0 saturated carbocycles. The zero-order valence-corrected chi connectivity index (χ0v) is 14.2. The number of amides is 1. The Bertz CT molecular complexity index is 816. The van der Waals surface area contributed by atoms with Gasteiger partial charge in [0.05, 0.1) is 18.1 Å². The molecule has 0 heterocycles. The van der Waals surface area contributed by atoms with E-state index in [4.69, 9.17) is 10.00 Å². The maximum absolute atomic E-state index is 13.1. The summed E-state index contributed by atoms with van der Waals surface area (Å²) in [6.45, 7) is -0.370. The highest BCUT2D eigenvalue weighted by atomic mass is 19.1. The lowest BCUT2D eigenvalue weighted by Crippen LogP contribution is -2.35. The highest BCUT2D eigenvalue weighted by Crippen LogP contribution is 2.17. The molecular formula is C19H18FN3O3. The Morgan fingerprint density at radius 1 is 1.19 bits per heavy atom. The number of benzene rings is 2. The standard InChI is InChI=1S/C19H18FN3O3/c1-22-17-6-3-2-5-16(17)19(25)26-13-18(24)23(12-4-11-21)15-9-7-14(20)8-10-15/h2-3,5-10,22H,4,12-13H2,1H3. The van der Waals surface area contributed by atoms with Crippen LogP contribution in [0.3, 0.4) is 0 Å². The van der Waals surface area contributed by atoms with Crippen LogP contribution in [-0.2, 0) is 9.53 Å². The number of carbonyl (C=O) groups excluding carboxylic acids is 2. The monoisotopic (exact) mass is 355 g/mol. The maximum Gasteiger partial charge on any atom is 0.340 e. The summed E-state index contributed by atoms with van der Waals surface area (Å²) in [4.78, 5) is 26.0. The highest BCUT2D eigenvalue weighted by Gasteiger charge is 2.19. The lowest BCUT2D eigenvalue weighted by atomic mass is 10.2. The van der Waals surface area contributed by atoms with E-state index in [1.807, 2.05) is 6.07 Å². The van der Waals surface area contributed by atoms with Crippen molar-refractivity contribution in [3.05, 3.63) is 59.9 Å². The molecule has 2 aromatic rings. The summed E-state index contributed by atoms with van der Waals surface area (Å²) in [7, 11) is 1.68. The first-order chi connectivity index (χ1) is 12.6. The summed E-state index contributed by atoms with van der Waals surface area (Å²) < 4.78 is 18.2. The summed E-state index contributed by atoms with van der Waals surface area (Å²) in [6, 6.07) is 14.0. The van der Waals surface area contributed by atoms with Gasteiger partial charge in [0, 0.05) is 25.0 Å². The number of hydrogen-bond acceptors (Lipinski definition) is 5. The van der Waals surface area contributed by atoms with Gasteiger partial charge in [-0.2, -0.15) is 5.26 Å². The first-order valence-electron chi connectivity index (χ1n) is 7.93. The van der Waals surface area contributed by atoms with E-state index < -0.39 is 24.3 Å². The van der Waals surface area contributed by atoms with Crippen LogP contribution in [0.1, 0.15) is 16.8 Å². The van der Waals surface area contributed by atoms with E-state index in [2.05, 4.69) is 5.32 Å². The Morgan fingerprint density at radius 3 is 2.54 bits per heavy atom. The van der Waals surface area contributed by atoms with Gasteiger partial charge in [0.1, 0.15) is 5.82 Å². The normalized spacial score (nSPS) is 9.88. The van der Waals surface area contributed by atoms with Crippen molar-refractivity contribution in [3.63, 3.8) is 0 Å². The van der Waals surface area contributed by atoms with Crippen molar-refractivity contribution in [2.45, 2.75) is 6.42 Å². The molecule has 0 saturated heterocycles. The molecule has 1 N–H and O–H groups in total. The minimum Gasteiger partial charge on any atom is -0.452 e. The summed E-state index contributed by atoms with van der Waals surface area (Å²) in [5, 5.41) is 11.7. The first kappa shape index (κ1) is 18.9. The average molecular weight is 355 g/mol. The molecule has 0 aliphatic carbocycles. The van der Waals surface area contributed by atoms with Crippen molar-refractivity contribution in [2.24, 2.45) is 0 Å². The number of halogens is 1. The molecule has 0 fully saturated rings. The lowest BCUT2D eigenvalue weighted by Gasteiger charge is -2.21. The minimum atomic E-state index is -0.636. The van der Waals surface area contributed by atoms with Gasteiger partial charge in [-0.25, -0.2) is 9.18 Å². The molecule has 0 aromatic heterocycles. The fourth-order valence-corrected chi connectivity index (χ4v) is 2.34. The van der Waals surface area contributed by atoms with Crippen LogP contribution in [0.25, 0.3) is 0 Å². The van der Waals surface area contributed by atoms with E-state index >= 15 is 0 Å². The second-order valence-electron chi connectivity index (χ2n) is 5.30. The number of para-hydroxylation sites is 1. The molecule has 0 spiro atoms. The number of rotatable bonds is 7. The molecule has 2 aromatic carbocycles. The van der Waals surface area contributed by atoms with E-state index in [9.17, 15) is 14.0 Å². The van der Waals surface area contributed by atoms with Crippen molar-refractivity contribution >= 4 is 23.3 Å². The van der Waals surface area contributed by atoms with Gasteiger partial charge in [0.25, 0.3) is 5.91 Å². The molecule has 1 amide bonds. The lowest BCUT2D eigenvalue weighted by molar-refractivity contribution is -0.121. The summed E-state index contributed by atoms with van der Waals surface area (Å²) >= 11 is 0. The van der Waals surface area contributed by atoms with E-state index in [0.29, 0.717) is 16.9 Å². The number of nitriles is 1. The molecule has 0 unspecified atom stereocenters. The third-order valence-electron chi connectivity index (χ3n) is 3.63. The Labute approximate surface area is 150 Å². The Hall–Kier alpha value is -3.40. The van der Waals surface area contributed by atoms with E-state index in [-0.39, 0.29) is 13.0 Å². The summed E-state index contributed by atoms with van der Waals surface area (Å²) in [6.07, 6.45) is 0.0969. The van der Waals surface area contributed by atoms with Crippen LogP contribution < -0.4 is 10.2 Å². The molecule has 0 aliphatic rings. The molecule has 7 heteroatoms. The number of ether oxygens (including phenoxy) is 1. The van der Waals surface area contributed by atoms with Crippen molar-refractivity contribution in [1.29, 1.82) is 5.26 Å². The van der Waals surface area contributed by atoms with Gasteiger partial charge < -0.3 is 15.0 Å². The van der Waals surface area contributed by atoms with Gasteiger partial charge >= 0.3 is 5.97 Å². The third-order valence-corrected chi connectivity index (χ3v) is 3.63. The van der Waals surface area contributed by atoms with E-state index in [1.165, 1.54) is 29.2 Å². The SMILES string of the molecule is CNc1ccccc1C(=O)OCC(=O)N(CCC#N)c1ccc(F)cc1. The maximum atomic E-state index is 13.1. The molecule has 0 bridgehead atoms. The van der Waals surface area contributed by atoms with Crippen molar-refractivity contribution < 1.29 is 18.7 Å². The molecule has 2 rings (SSSR count). The van der Waals surface area contributed by atoms with E-state index in [0.717, 1.165) is 0 Å². The van der Waals surface area contributed by atoms with Crippen molar-refractivity contribution in [2.75, 3.05) is 30.4 Å². The number of anilines is 2. The smallest absolute Gasteiger partial charge is 0.340 e. The Kier molecular flexibility index (Phi) is 6.68. The third kappa shape index (κ3) is 4.80. The number of hydrogen-bond donors (Lipinski definition) is 1. The first-order valence-corrected chi connectivity index (χ1v) is 7.93. The van der Waals surface area contributed by atoms with Gasteiger partial charge in [0.15, 0.2) is 6.61 Å². The van der Waals surface area contributed by atoms with Gasteiger partial charge in [-0.05, 0) is 36.4 Å². The van der Waals surface area contributed by atoms with Crippen molar-refractivity contribution in [1.82, 2.24) is 0 Å². The zero-order chi connectivity index (χ0) is 18.9. The fourth-order valence-electron chi connectivity index (χ4n) is 2.34. The predicted molar refractivity (Wildman–Crippen MR) is 95.3 cm³/mol. The summed E-state index contributed by atoms with van der Waals surface area (Å²) in [5.74, 6) is -1.57. The van der Waals surface area contributed by atoms with Gasteiger partial charge in [-0.3, -0.25) is 4.79 Å². The van der Waals surface area contributed by atoms with Gasteiger partial charge in [-0.15, -0.1) is 0 Å². The largest absolute Gasteiger partial charge is 0.452 e. The Morgan fingerprint density at radius 2 is 1.88 bits per heavy atom. The molecule has 6 nitrogen and oxygen atoms in total.